The van der Waals surface area contributed by atoms with Crippen LogP contribution in [0.5, 0.6) is 11.5 Å². The highest BCUT2D eigenvalue weighted by molar-refractivity contribution is 5.60. The Morgan fingerprint density at radius 1 is 0.920 bits per heavy atom. The van der Waals surface area contributed by atoms with E-state index in [0.29, 0.717) is 41.2 Å². The summed E-state index contributed by atoms with van der Waals surface area (Å²) in [6, 6.07) is 16.7. The number of para-hydroxylation sites is 1. The SMILES string of the molecule is O=[n+]1cc(-c2ccc(Oc3ccccc3)cc2)n([O-])c2c1CCCC2. The predicted octanol–water partition coefficient (Wildman–Crippen LogP) is 4.09. The molecular weight excluding hydrogens is 316 g/mol. The van der Waals surface area contributed by atoms with Crippen LogP contribution < -0.4 is 9.16 Å². The molecule has 0 saturated heterocycles. The summed E-state index contributed by atoms with van der Waals surface area (Å²) in [5.41, 5.74) is 2.28. The molecule has 25 heavy (non-hydrogen) atoms. The maximum absolute atomic E-state index is 12.7. The molecule has 5 nitrogen and oxygen atoms in total. The van der Waals surface area contributed by atoms with E-state index in [1.807, 2.05) is 30.3 Å². The predicted molar refractivity (Wildman–Crippen MR) is 95.2 cm³/mol. The summed E-state index contributed by atoms with van der Waals surface area (Å²) in [6.45, 7) is 0. The van der Waals surface area contributed by atoms with E-state index in [2.05, 4.69) is 0 Å². The first-order valence-corrected chi connectivity index (χ1v) is 8.43. The molecule has 1 heterocycles. The number of hydrogen-bond donors (Lipinski definition) is 0. The van der Waals surface area contributed by atoms with Crippen LogP contribution >= 0.6 is 0 Å². The quantitative estimate of drug-likeness (QED) is 0.678. The zero-order valence-corrected chi connectivity index (χ0v) is 13.7. The molecule has 0 spiro atoms. The normalized spacial score (nSPS) is 13.3. The Balaban J connectivity index is 1.66. The van der Waals surface area contributed by atoms with Crippen LogP contribution in [0.4, 0.5) is 0 Å². The number of rotatable bonds is 3. The highest BCUT2D eigenvalue weighted by atomic mass is 16.5. The van der Waals surface area contributed by atoms with Crippen LogP contribution in [0.1, 0.15) is 24.2 Å². The summed E-state index contributed by atoms with van der Waals surface area (Å²) in [5.74, 6) is 1.43. The van der Waals surface area contributed by atoms with Crippen LogP contribution in [0.25, 0.3) is 11.3 Å². The van der Waals surface area contributed by atoms with Gasteiger partial charge in [-0.15, -0.1) is 0 Å². The summed E-state index contributed by atoms with van der Waals surface area (Å²) in [6.07, 6.45) is 4.61. The fraction of sp³-hybridized carbons (Fsp3) is 0.200. The molecule has 5 heteroatoms. The van der Waals surface area contributed by atoms with Gasteiger partial charge in [0.05, 0.1) is 10.1 Å². The highest BCUT2D eigenvalue weighted by Crippen LogP contribution is 2.27. The van der Waals surface area contributed by atoms with E-state index in [1.165, 1.54) is 6.20 Å². The third-order valence-corrected chi connectivity index (χ3v) is 4.51. The number of benzene rings is 2. The molecule has 4 rings (SSSR count). The van der Waals surface area contributed by atoms with E-state index >= 15 is 0 Å². The van der Waals surface area contributed by atoms with Gasteiger partial charge in [-0.1, -0.05) is 18.2 Å². The van der Waals surface area contributed by atoms with Gasteiger partial charge < -0.3 is 14.7 Å². The minimum absolute atomic E-state index is 0.377. The van der Waals surface area contributed by atoms with Crippen molar-refractivity contribution in [3.63, 3.8) is 0 Å². The zero-order chi connectivity index (χ0) is 17.2. The summed E-state index contributed by atoms with van der Waals surface area (Å²) < 4.78 is 7.53. The van der Waals surface area contributed by atoms with E-state index in [4.69, 9.17) is 4.74 Å². The lowest BCUT2D eigenvalue weighted by atomic mass is 10.00. The Bertz CT molecular complexity index is 947. The summed E-state index contributed by atoms with van der Waals surface area (Å²) in [4.78, 5) is 12.3. The van der Waals surface area contributed by atoms with E-state index in [0.717, 1.165) is 27.7 Å². The first kappa shape index (κ1) is 15.4. The van der Waals surface area contributed by atoms with Crippen LogP contribution in [0, 0.1) is 10.1 Å². The molecule has 0 aliphatic heterocycles. The molecule has 0 radical (unpaired) electrons. The molecular formula is C20H18N2O3. The van der Waals surface area contributed by atoms with Crippen molar-refractivity contribution in [2.75, 3.05) is 0 Å². The first-order chi connectivity index (χ1) is 12.2. The molecule has 1 aliphatic carbocycles. The minimum Gasteiger partial charge on any atom is -0.805 e. The van der Waals surface area contributed by atoms with Crippen LogP contribution in [0.15, 0.2) is 60.8 Å². The van der Waals surface area contributed by atoms with Gasteiger partial charge in [-0.05, 0) is 55.7 Å². The van der Waals surface area contributed by atoms with E-state index in [1.54, 1.807) is 24.3 Å². The van der Waals surface area contributed by atoms with Gasteiger partial charge in [0.2, 0.25) is 0 Å². The number of fused-ring (bicyclic) bond motifs is 1. The van der Waals surface area contributed by atoms with Gasteiger partial charge in [-0.25, -0.2) is 0 Å². The molecule has 0 amide bonds. The number of hydrogen-bond acceptors (Lipinski definition) is 3. The number of aromatic nitrogens is 2. The van der Waals surface area contributed by atoms with Crippen molar-refractivity contribution >= 4 is 0 Å². The third kappa shape index (κ3) is 3.01. The van der Waals surface area contributed by atoms with Gasteiger partial charge in [0.15, 0.2) is 0 Å². The molecule has 0 unspecified atom stereocenters. The highest BCUT2D eigenvalue weighted by Gasteiger charge is 2.23. The largest absolute Gasteiger partial charge is 0.805 e. The fourth-order valence-corrected chi connectivity index (χ4v) is 3.23. The van der Waals surface area contributed by atoms with E-state index in [9.17, 15) is 10.1 Å². The van der Waals surface area contributed by atoms with E-state index < -0.39 is 0 Å². The Labute approximate surface area is 145 Å². The van der Waals surface area contributed by atoms with Gasteiger partial charge in [-0.2, -0.15) is 0 Å². The van der Waals surface area contributed by atoms with Crippen molar-refractivity contribution in [2.24, 2.45) is 0 Å². The van der Waals surface area contributed by atoms with Crippen LogP contribution in [-0.2, 0) is 12.8 Å². The average Bonchev–Trinajstić information content (AvgIpc) is 2.66. The Morgan fingerprint density at radius 2 is 1.60 bits per heavy atom. The molecule has 0 saturated carbocycles. The smallest absolute Gasteiger partial charge is 0.258 e. The summed E-state index contributed by atoms with van der Waals surface area (Å²) in [5, 5.41) is 12.7. The van der Waals surface area contributed by atoms with Crippen molar-refractivity contribution in [2.45, 2.75) is 25.7 Å². The van der Waals surface area contributed by atoms with Gasteiger partial charge in [-0.3, -0.25) is 0 Å². The zero-order valence-electron chi connectivity index (χ0n) is 13.7. The molecule has 0 fully saturated rings. The molecule has 0 N–H and O–H groups in total. The Kier molecular flexibility index (Phi) is 3.98. The molecule has 2 aromatic carbocycles. The summed E-state index contributed by atoms with van der Waals surface area (Å²) >= 11 is 0. The molecule has 3 aromatic rings. The second kappa shape index (κ2) is 6.43. The molecule has 0 atom stereocenters. The average molecular weight is 334 g/mol. The molecule has 1 aromatic heterocycles. The van der Waals surface area contributed by atoms with Gasteiger partial charge in [0.25, 0.3) is 11.9 Å². The maximum atomic E-state index is 12.7. The van der Waals surface area contributed by atoms with Crippen molar-refractivity contribution in [3.05, 3.63) is 82.3 Å². The minimum atomic E-state index is 0.377. The lowest BCUT2D eigenvalue weighted by Gasteiger charge is -2.23. The van der Waals surface area contributed by atoms with Crippen LogP contribution in [0.2, 0.25) is 0 Å². The topological polar surface area (TPSA) is 60.2 Å². The second-order valence-corrected chi connectivity index (χ2v) is 6.17. The standard InChI is InChI=1S/C20H18N2O3/c23-21-14-20(22(24)19-9-5-4-8-18(19)21)15-10-12-17(13-11-15)25-16-6-2-1-3-7-16/h1-3,6-7,10-14H,4-5,8-9H2. The maximum Gasteiger partial charge on any atom is 0.258 e. The van der Waals surface area contributed by atoms with Crippen molar-refractivity contribution in [3.8, 4) is 22.8 Å². The first-order valence-electron chi connectivity index (χ1n) is 8.43. The Hall–Kier alpha value is -3.08. The van der Waals surface area contributed by atoms with Gasteiger partial charge in [0.1, 0.15) is 17.2 Å². The molecule has 0 bridgehead atoms. The lowest BCUT2D eigenvalue weighted by Crippen LogP contribution is -2.29. The van der Waals surface area contributed by atoms with Gasteiger partial charge >= 0.3 is 0 Å². The van der Waals surface area contributed by atoms with Crippen molar-refractivity contribution in [1.29, 1.82) is 0 Å². The number of ether oxygens (including phenoxy) is 1. The third-order valence-electron chi connectivity index (χ3n) is 4.51. The molecule has 1 aliphatic rings. The van der Waals surface area contributed by atoms with E-state index in [-0.39, 0.29) is 0 Å². The lowest BCUT2D eigenvalue weighted by molar-refractivity contribution is -0.506. The van der Waals surface area contributed by atoms with Crippen LogP contribution in [0.3, 0.4) is 0 Å². The second-order valence-electron chi connectivity index (χ2n) is 6.17. The summed E-state index contributed by atoms with van der Waals surface area (Å²) in [7, 11) is 0. The van der Waals surface area contributed by atoms with Crippen molar-refractivity contribution < 1.29 is 9.16 Å². The van der Waals surface area contributed by atoms with Crippen LogP contribution in [-0.4, -0.2) is 4.73 Å². The molecule has 126 valence electrons. The Morgan fingerprint density at radius 3 is 2.36 bits per heavy atom. The number of nitrogens with zero attached hydrogens (tertiary/aromatic N) is 2. The van der Waals surface area contributed by atoms with Crippen molar-refractivity contribution in [1.82, 2.24) is 4.73 Å². The fourth-order valence-electron chi connectivity index (χ4n) is 3.23. The monoisotopic (exact) mass is 334 g/mol. The van der Waals surface area contributed by atoms with Gasteiger partial charge in [0, 0.05) is 16.9 Å².